The lowest BCUT2D eigenvalue weighted by atomic mass is 9.86. The van der Waals surface area contributed by atoms with Crippen LogP contribution in [0.5, 0.6) is 0 Å². The quantitative estimate of drug-likeness (QED) is 0.906. The van der Waals surface area contributed by atoms with Crippen LogP contribution in [0.1, 0.15) is 47.7 Å². The number of rotatable bonds is 5. The van der Waals surface area contributed by atoms with Crippen LogP contribution in [0.25, 0.3) is 0 Å². The number of aromatic amines is 1. The van der Waals surface area contributed by atoms with Gasteiger partial charge in [-0.2, -0.15) is 5.10 Å². The Morgan fingerprint density at radius 1 is 1.42 bits per heavy atom. The predicted octanol–water partition coefficient (Wildman–Crippen LogP) is 3.10. The summed E-state index contributed by atoms with van der Waals surface area (Å²) in [5, 5.41) is 9.28. The van der Waals surface area contributed by atoms with E-state index in [1.165, 1.54) is 4.88 Å². The molecule has 0 aromatic carbocycles. The maximum absolute atomic E-state index is 13.3. The average molecular weight is 345 g/mol. The molecule has 128 valence electrons. The lowest BCUT2D eigenvalue weighted by Gasteiger charge is -2.30. The Bertz CT molecular complexity index is 676. The first-order chi connectivity index (χ1) is 11.8. The van der Waals surface area contributed by atoms with Crippen molar-refractivity contribution in [2.75, 3.05) is 13.2 Å². The van der Waals surface area contributed by atoms with Crippen LogP contribution in [0.2, 0.25) is 0 Å². The number of amides is 1. The van der Waals surface area contributed by atoms with Crippen molar-refractivity contribution >= 4 is 17.2 Å². The van der Waals surface area contributed by atoms with Gasteiger partial charge in [0.25, 0.3) is 0 Å². The normalized spacial score (nSPS) is 23.2. The number of aromatic nitrogens is 2. The molecule has 2 aromatic heterocycles. The fourth-order valence-corrected chi connectivity index (χ4v) is 4.51. The number of hydrogen-bond donors (Lipinski definition) is 1. The molecular weight excluding hydrogens is 322 g/mol. The van der Waals surface area contributed by atoms with Gasteiger partial charge in [-0.15, -0.1) is 11.3 Å². The number of carbonyl (C=O) groups excluding carboxylic acids is 1. The maximum atomic E-state index is 13.3. The van der Waals surface area contributed by atoms with E-state index < -0.39 is 0 Å². The molecule has 1 amide bonds. The third-order valence-corrected chi connectivity index (χ3v) is 5.89. The molecule has 0 saturated carbocycles. The van der Waals surface area contributed by atoms with E-state index in [0.717, 1.165) is 50.0 Å². The summed E-state index contributed by atoms with van der Waals surface area (Å²) in [5.41, 5.74) is 2.22. The number of H-pyrrole nitrogens is 1. The Balaban J connectivity index is 1.54. The van der Waals surface area contributed by atoms with Crippen molar-refractivity contribution in [2.45, 2.75) is 50.7 Å². The number of nitrogens with zero attached hydrogens (tertiary/aromatic N) is 2. The molecule has 0 bridgehead atoms. The minimum atomic E-state index is -0.0612. The smallest absolute Gasteiger partial charge is 0.230 e. The van der Waals surface area contributed by atoms with Gasteiger partial charge in [0.1, 0.15) is 0 Å². The zero-order valence-electron chi connectivity index (χ0n) is 13.7. The van der Waals surface area contributed by atoms with E-state index in [1.807, 2.05) is 17.2 Å². The number of hydrogen-bond acceptors (Lipinski definition) is 4. The molecule has 5 nitrogen and oxygen atoms in total. The van der Waals surface area contributed by atoms with E-state index in [0.29, 0.717) is 13.1 Å². The standard InChI is InChI=1S/C18H23N3O2S/c22-18(15-6-1-7-17-16(15)10-19-20-17)21(11-13-4-2-8-23-13)12-14-5-3-9-24-14/h3,5,9-10,13,15H,1-2,4,6-8,11-12H2,(H,19,20)/t13-,15-/m1/s1. The molecule has 2 atom stereocenters. The summed E-state index contributed by atoms with van der Waals surface area (Å²) >= 11 is 1.71. The van der Waals surface area contributed by atoms with Crippen LogP contribution in [-0.4, -0.2) is 40.3 Å². The van der Waals surface area contributed by atoms with E-state index >= 15 is 0 Å². The molecule has 2 aromatic rings. The highest BCUT2D eigenvalue weighted by atomic mass is 32.1. The molecule has 1 aliphatic carbocycles. The highest BCUT2D eigenvalue weighted by Gasteiger charge is 2.33. The van der Waals surface area contributed by atoms with Gasteiger partial charge in [-0.3, -0.25) is 9.89 Å². The summed E-state index contributed by atoms with van der Waals surface area (Å²) in [6.07, 6.45) is 7.12. The molecule has 3 heterocycles. The highest BCUT2D eigenvalue weighted by molar-refractivity contribution is 7.09. The molecule has 0 unspecified atom stereocenters. The van der Waals surface area contributed by atoms with Crippen molar-refractivity contribution in [2.24, 2.45) is 0 Å². The summed E-state index contributed by atoms with van der Waals surface area (Å²) < 4.78 is 5.79. The number of fused-ring (bicyclic) bond motifs is 1. The van der Waals surface area contributed by atoms with Gasteiger partial charge in [0.2, 0.25) is 5.91 Å². The minimum absolute atomic E-state index is 0.0612. The van der Waals surface area contributed by atoms with Gasteiger partial charge in [-0.25, -0.2) is 0 Å². The molecular formula is C18H23N3O2S. The molecule has 0 radical (unpaired) electrons. The second kappa shape index (κ2) is 7.07. The highest BCUT2D eigenvalue weighted by Crippen LogP contribution is 2.32. The van der Waals surface area contributed by atoms with Gasteiger partial charge >= 0.3 is 0 Å². The minimum Gasteiger partial charge on any atom is -0.376 e. The Morgan fingerprint density at radius 2 is 2.38 bits per heavy atom. The lowest BCUT2D eigenvalue weighted by Crippen LogP contribution is -2.40. The Hall–Kier alpha value is -1.66. The first-order valence-corrected chi connectivity index (χ1v) is 9.64. The van der Waals surface area contributed by atoms with Gasteiger partial charge in [-0.1, -0.05) is 6.07 Å². The van der Waals surface area contributed by atoms with Gasteiger partial charge in [0.05, 0.1) is 24.8 Å². The average Bonchev–Trinajstić information content (AvgIpc) is 3.35. The SMILES string of the molecule is O=C([C@@H]1CCCc2[nH]ncc21)N(Cc1cccs1)C[C@H]1CCCO1. The molecule has 1 saturated heterocycles. The third-order valence-electron chi connectivity index (χ3n) is 5.03. The second-order valence-electron chi connectivity index (χ2n) is 6.68. The molecule has 1 aliphatic heterocycles. The second-order valence-corrected chi connectivity index (χ2v) is 7.71. The molecule has 1 N–H and O–H groups in total. The van der Waals surface area contributed by atoms with Crippen molar-refractivity contribution in [3.8, 4) is 0 Å². The van der Waals surface area contributed by atoms with Crippen molar-refractivity contribution < 1.29 is 9.53 Å². The van der Waals surface area contributed by atoms with Gasteiger partial charge < -0.3 is 9.64 Å². The maximum Gasteiger partial charge on any atom is 0.230 e. The lowest BCUT2D eigenvalue weighted by molar-refractivity contribution is -0.135. The van der Waals surface area contributed by atoms with Crippen LogP contribution in [0.15, 0.2) is 23.7 Å². The zero-order valence-corrected chi connectivity index (χ0v) is 14.6. The van der Waals surface area contributed by atoms with E-state index in [1.54, 1.807) is 11.3 Å². The van der Waals surface area contributed by atoms with Gasteiger partial charge in [0, 0.05) is 29.3 Å². The van der Waals surface area contributed by atoms with E-state index in [4.69, 9.17) is 4.74 Å². The zero-order chi connectivity index (χ0) is 16.4. The van der Waals surface area contributed by atoms with Crippen molar-refractivity contribution in [3.05, 3.63) is 39.8 Å². The number of nitrogens with one attached hydrogen (secondary N) is 1. The van der Waals surface area contributed by atoms with Gasteiger partial charge in [-0.05, 0) is 43.6 Å². The van der Waals surface area contributed by atoms with Crippen LogP contribution >= 0.6 is 11.3 Å². The van der Waals surface area contributed by atoms with E-state index in [9.17, 15) is 4.79 Å². The summed E-state index contributed by atoms with van der Waals surface area (Å²) in [6.45, 7) is 2.20. The van der Waals surface area contributed by atoms with Crippen molar-refractivity contribution in [1.82, 2.24) is 15.1 Å². The molecule has 4 rings (SSSR count). The fraction of sp³-hybridized carbons (Fsp3) is 0.556. The Kier molecular flexibility index (Phi) is 4.67. The first-order valence-electron chi connectivity index (χ1n) is 8.76. The van der Waals surface area contributed by atoms with Crippen molar-refractivity contribution in [3.63, 3.8) is 0 Å². The Morgan fingerprint density at radius 3 is 3.17 bits per heavy atom. The van der Waals surface area contributed by atoms with Crippen LogP contribution < -0.4 is 0 Å². The van der Waals surface area contributed by atoms with Gasteiger partial charge in [0.15, 0.2) is 0 Å². The summed E-state index contributed by atoms with van der Waals surface area (Å²) in [4.78, 5) is 16.5. The van der Waals surface area contributed by atoms with Crippen LogP contribution in [0, 0.1) is 0 Å². The molecule has 6 heteroatoms. The third kappa shape index (κ3) is 3.26. The molecule has 0 spiro atoms. The van der Waals surface area contributed by atoms with Crippen LogP contribution in [0.4, 0.5) is 0 Å². The summed E-state index contributed by atoms with van der Waals surface area (Å²) in [6, 6.07) is 4.15. The van der Waals surface area contributed by atoms with E-state index in [2.05, 4.69) is 21.6 Å². The van der Waals surface area contributed by atoms with E-state index in [-0.39, 0.29) is 17.9 Å². The number of carbonyl (C=O) groups is 1. The predicted molar refractivity (Wildman–Crippen MR) is 93.0 cm³/mol. The summed E-state index contributed by atoms with van der Waals surface area (Å²) in [7, 11) is 0. The number of ether oxygens (including phenoxy) is 1. The molecule has 2 aliphatic rings. The topological polar surface area (TPSA) is 58.2 Å². The largest absolute Gasteiger partial charge is 0.376 e. The number of aryl methyl sites for hydroxylation is 1. The van der Waals surface area contributed by atoms with Crippen LogP contribution in [0.3, 0.4) is 0 Å². The Labute approximate surface area is 146 Å². The van der Waals surface area contributed by atoms with Crippen LogP contribution in [-0.2, 0) is 22.5 Å². The fourth-order valence-electron chi connectivity index (χ4n) is 3.80. The number of thiophene rings is 1. The summed E-state index contributed by atoms with van der Waals surface area (Å²) in [5.74, 6) is 0.162. The monoisotopic (exact) mass is 345 g/mol. The molecule has 1 fully saturated rings. The van der Waals surface area contributed by atoms with Crippen molar-refractivity contribution in [1.29, 1.82) is 0 Å². The first kappa shape index (κ1) is 15.8. The molecule has 24 heavy (non-hydrogen) atoms.